The maximum absolute atomic E-state index is 11.7. The Kier molecular flexibility index (Phi) is 5.74. The van der Waals surface area contributed by atoms with Gasteiger partial charge in [-0.15, -0.1) is 0 Å². The SMILES string of the molecule is CCOC(=O)c1ccc(Nc2ncnc(Nc3cccc(C)c3C)c2N)cc1. The summed E-state index contributed by atoms with van der Waals surface area (Å²) in [5, 5.41) is 6.42. The Labute approximate surface area is 164 Å². The summed E-state index contributed by atoms with van der Waals surface area (Å²) in [5.74, 6) is 0.650. The molecule has 0 unspecified atom stereocenters. The number of nitrogen functional groups attached to an aromatic ring is 1. The van der Waals surface area contributed by atoms with E-state index in [4.69, 9.17) is 10.5 Å². The van der Waals surface area contributed by atoms with Gasteiger partial charge in [-0.25, -0.2) is 14.8 Å². The summed E-state index contributed by atoms with van der Waals surface area (Å²) < 4.78 is 4.99. The largest absolute Gasteiger partial charge is 0.462 e. The van der Waals surface area contributed by atoms with Crippen LogP contribution < -0.4 is 16.4 Å². The summed E-state index contributed by atoms with van der Waals surface area (Å²) in [6.45, 7) is 6.21. The third-order valence-corrected chi connectivity index (χ3v) is 4.40. The van der Waals surface area contributed by atoms with Crippen molar-refractivity contribution >= 4 is 34.7 Å². The average molecular weight is 377 g/mol. The first-order valence-corrected chi connectivity index (χ1v) is 8.97. The van der Waals surface area contributed by atoms with E-state index in [9.17, 15) is 4.79 Å². The van der Waals surface area contributed by atoms with Crippen LogP contribution in [-0.4, -0.2) is 22.5 Å². The Morgan fingerprint density at radius 1 is 1.04 bits per heavy atom. The van der Waals surface area contributed by atoms with Gasteiger partial charge in [-0.05, 0) is 62.2 Å². The van der Waals surface area contributed by atoms with Crippen molar-refractivity contribution in [2.75, 3.05) is 23.0 Å². The van der Waals surface area contributed by atoms with Gasteiger partial charge in [0.05, 0.1) is 12.2 Å². The number of carbonyl (C=O) groups is 1. The van der Waals surface area contributed by atoms with Gasteiger partial charge in [-0.1, -0.05) is 12.1 Å². The number of aryl methyl sites for hydroxylation is 1. The van der Waals surface area contributed by atoms with Crippen molar-refractivity contribution in [2.24, 2.45) is 0 Å². The third kappa shape index (κ3) is 4.20. The Morgan fingerprint density at radius 3 is 2.39 bits per heavy atom. The predicted octanol–water partition coefficient (Wildman–Crippen LogP) is 4.34. The van der Waals surface area contributed by atoms with E-state index < -0.39 is 0 Å². The molecule has 2 aromatic carbocycles. The Hall–Kier alpha value is -3.61. The van der Waals surface area contributed by atoms with Crippen LogP contribution in [0.4, 0.5) is 28.7 Å². The van der Waals surface area contributed by atoms with Crippen LogP contribution in [0.2, 0.25) is 0 Å². The highest BCUT2D eigenvalue weighted by Crippen LogP contribution is 2.29. The molecule has 7 heteroatoms. The number of nitrogens with zero attached hydrogens (tertiary/aromatic N) is 2. The van der Waals surface area contributed by atoms with Crippen LogP contribution in [0.25, 0.3) is 0 Å². The highest BCUT2D eigenvalue weighted by Gasteiger charge is 2.11. The van der Waals surface area contributed by atoms with Crippen LogP contribution in [0.3, 0.4) is 0 Å². The molecule has 1 aromatic heterocycles. The van der Waals surface area contributed by atoms with Gasteiger partial charge in [0.15, 0.2) is 11.6 Å². The smallest absolute Gasteiger partial charge is 0.338 e. The van der Waals surface area contributed by atoms with Gasteiger partial charge in [0.1, 0.15) is 12.0 Å². The van der Waals surface area contributed by atoms with Crippen molar-refractivity contribution in [1.29, 1.82) is 0 Å². The van der Waals surface area contributed by atoms with E-state index in [0.717, 1.165) is 16.9 Å². The topological polar surface area (TPSA) is 102 Å². The lowest BCUT2D eigenvalue weighted by Crippen LogP contribution is -2.07. The molecule has 0 aliphatic heterocycles. The standard InChI is InChI=1S/C21H23N5O2/c1-4-28-21(27)15-8-10-16(11-9-15)25-19-18(22)20(24-12-23-19)26-17-7-5-6-13(2)14(17)3/h5-12H,4,22H2,1-3H3,(H2,23,24,25,26). The van der Waals surface area contributed by atoms with E-state index >= 15 is 0 Å². The predicted molar refractivity (Wildman–Crippen MR) is 111 cm³/mol. The molecule has 0 aliphatic rings. The molecule has 7 nitrogen and oxygen atoms in total. The molecule has 0 atom stereocenters. The minimum Gasteiger partial charge on any atom is -0.462 e. The zero-order valence-corrected chi connectivity index (χ0v) is 16.1. The fourth-order valence-corrected chi connectivity index (χ4v) is 2.65. The maximum Gasteiger partial charge on any atom is 0.338 e. The molecule has 0 saturated heterocycles. The summed E-state index contributed by atoms with van der Waals surface area (Å²) in [5.41, 5.74) is 11.1. The van der Waals surface area contributed by atoms with Crippen molar-refractivity contribution in [1.82, 2.24) is 9.97 Å². The number of nitrogens with two attached hydrogens (primary N) is 1. The van der Waals surface area contributed by atoms with Gasteiger partial charge < -0.3 is 21.1 Å². The molecule has 0 bridgehead atoms. The second-order valence-electron chi connectivity index (χ2n) is 6.28. The minimum atomic E-state index is -0.351. The number of carbonyl (C=O) groups excluding carboxylic acids is 1. The number of ether oxygens (including phenoxy) is 1. The molecule has 4 N–H and O–H groups in total. The fraction of sp³-hybridized carbons (Fsp3) is 0.190. The molecule has 3 aromatic rings. The summed E-state index contributed by atoms with van der Waals surface area (Å²) in [6.07, 6.45) is 1.44. The van der Waals surface area contributed by atoms with E-state index in [1.165, 1.54) is 11.9 Å². The monoisotopic (exact) mass is 377 g/mol. The number of nitrogens with one attached hydrogen (secondary N) is 2. The summed E-state index contributed by atoms with van der Waals surface area (Å²) in [7, 11) is 0. The molecule has 3 rings (SSSR count). The van der Waals surface area contributed by atoms with Crippen molar-refractivity contribution in [3.63, 3.8) is 0 Å². The van der Waals surface area contributed by atoms with Crippen molar-refractivity contribution in [3.8, 4) is 0 Å². The molecule has 0 spiro atoms. The second kappa shape index (κ2) is 8.39. The molecule has 0 saturated carbocycles. The molecule has 144 valence electrons. The summed E-state index contributed by atoms with van der Waals surface area (Å²) >= 11 is 0. The molecule has 1 heterocycles. The Balaban J connectivity index is 1.79. The minimum absolute atomic E-state index is 0.340. The molecule has 0 radical (unpaired) electrons. The number of anilines is 5. The molecular weight excluding hydrogens is 354 g/mol. The number of aromatic nitrogens is 2. The number of rotatable bonds is 6. The zero-order chi connectivity index (χ0) is 20.1. The van der Waals surface area contributed by atoms with Gasteiger partial charge in [-0.2, -0.15) is 0 Å². The lowest BCUT2D eigenvalue weighted by atomic mass is 10.1. The quantitative estimate of drug-likeness (QED) is 0.549. The van der Waals surface area contributed by atoms with Gasteiger partial charge in [0, 0.05) is 11.4 Å². The highest BCUT2D eigenvalue weighted by molar-refractivity contribution is 5.90. The lowest BCUT2D eigenvalue weighted by Gasteiger charge is -2.15. The van der Waals surface area contributed by atoms with Crippen molar-refractivity contribution in [3.05, 3.63) is 65.5 Å². The fourth-order valence-electron chi connectivity index (χ4n) is 2.65. The molecule has 28 heavy (non-hydrogen) atoms. The maximum atomic E-state index is 11.7. The van der Waals surface area contributed by atoms with Crippen molar-refractivity contribution < 1.29 is 9.53 Å². The van der Waals surface area contributed by atoms with E-state index in [0.29, 0.717) is 29.5 Å². The van der Waals surface area contributed by atoms with Crippen LogP contribution >= 0.6 is 0 Å². The molecular formula is C21H23N5O2. The lowest BCUT2D eigenvalue weighted by molar-refractivity contribution is 0.0526. The number of hydrogen-bond acceptors (Lipinski definition) is 7. The first kappa shape index (κ1) is 19.2. The Morgan fingerprint density at radius 2 is 1.71 bits per heavy atom. The number of hydrogen-bond donors (Lipinski definition) is 3. The first-order chi connectivity index (χ1) is 13.5. The van der Waals surface area contributed by atoms with Gasteiger partial charge in [-0.3, -0.25) is 0 Å². The molecule has 0 aliphatic carbocycles. The third-order valence-electron chi connectivity index (χ3n) is 4.40. The van der Waals surface area contributed by atoms with E-state index in [2.05, 4.69) is 33.6 Å². The van der Waals surface area contributed by atoms with Gasteiger partial charge in [0.25, 0.3) is 0 Å². The number of esters is 1. The van der Waals surface area contributed by atoms with Crippen LogP contribution in [0.1, 0.15) is 28.4 Å². The van der Waals surface area contributed by atoms with E-state index in [-0.39, 0.29) is 5.97 Å². The van der Waals surface area contributed by atoms with Crippen molar-refractivity contribution in [2.45, 2.75) is 20.8 Å². The summed E-state index contributed by atoms with van der Waals surface area (Å²) in [6, 6.07) is 12.9. The zero-order valence-electron chi connectivity index (χ0n) is 16.1. The molecule has 0 fully saturated rings. The number of benzene rings is 2. The van der Waals surface area contributed by atoms with Gasteiger partial charge >= 0.3 is 5.97 Å². The van der Waals surface area contributed by atoms with Crippen LogP contribution in [0.15, 0.2) is 48.8 Å². The second-order valence-corrected chi connectivity index (χ2v) is 6.28. The average Bonchev–Trinajstić information content (AvgIpc) is 2.69. The first-order valence-electron chi connectivity index (χ1n) is 8.97. The van der Waals surface area contributed by atoms with Crippen LogP contribution in [0, 0.1) is 13.8 Å². The summed E-state index contributed by atoms with van der Waals surface area (Å²) in [4.78, 5) is 20.2. The van der Waals surface area contributed by atoms with Crippen LogP contribution in [0.5, 0.6) is 0 Å². The molecule has 0 amide bonds. The van der Waals surface area contributed by atoms with E-state index in [1.807, 2.05) is 19.1 Å². The highest BCUT2D eigenvalue weighted by atomic mass is 16.5. The van der Waals surface area contributed by atoms with Crippen LogP contribution in [-0.2, 0) is 4.74 Å². The Bertz CT molecular complexity index is 987. The van der Waals surface area contributed by atoms with E-state index in [1.54, 1.807) is 31.2 Å². The normalized spacial score (nSPS) is 10.4. The van der Waals surface area contributed by atoms with Gasteiger partial charge in [0.2, 0.25) is 0 Å².